The van der Waals surface area contributed by atoms with Gasteiger partial charge in [0.1, 0.15) is 11.7 Å². The predicted octanol–water partition coefficient (Wildman–Crippen LogP) is 5.67. The van der Waals surface area contributed by atoms with Crippen LogP contribution in [0.5, 0.6) is 5.75 Å². The van der Waals surface area contributed by atoms with E-state index in [1.54, 1.807) is 0 Å². The second-order valence-corrected chi connectivity index (χ2v) is 9.65. The summed E-state index contributed by atoms with van der Waals surface area (Å²) in [5.74, 6) is 0.0931. The molecule has 3 atom stereocenters. The first-order valence-corrected chi connectivity index (χ1v) is 12.1. The van der Waals surface area contributed by atoms with Gasteiger partial charge >= 0.3 is 0 Å². The predicted molar refractivity (Wildman–Crippen MR) is 140 cm³/mol. The zero-order valence-electron chi connectivity index (χ0n) is 19.9. The fraction of sp³-hybridized carbons (Fsp3) is 0.286. The molecule has 0 spiro atoms. The standard InChI is InChI=1S/C28H29N3O2S/c1-5-19-11-13-20(14-12-19)31-27(34)30-25-21-8-6-7-9-23(21)33-28(31,4)24(25)26(32)29-22-15-10-17(2)16-18(22)3/h6-16,24-25H,5H2,1-4H3,(H,29,32)(H,30,34)/t24-,25-,28-/m0/s1. The fourth-order valence-corrected chi connectivity index (χ4v) is 5.58. The van der Waals surface area contributed by atoms with E-state index >= 15 is 0 Å². The number of hydrogen-bond donors (Lipinski definition) is 2. The van der Waals surface area contributed by atoms with Crippen molar-refractivity contribution in [3.8, 4) is 5.75 Å². The molecule has 2 heterocycles. The Morgan fingerprint density at radius 2 is 1.85 bits per heavy atom. The molecular formula is C28H29N3O2S. The number of nitrogens with zero attached hydrogens (tertiary/aromatic N) is 1. The number of thiocarbonyl (C=S) groups is 1. The Morgan fingerprint density at radius 3 is 2.56 bits per heavy atom. The van der Waals surface area contributed by atoms with Gasteiger partial charge in [-0.3, -0.25) is 9.69 Å². The molecule has 2 N–H and O–H groups in total. The zero-order valence-corrected chi connectivity index (χ0v) is 20.7. The van der Waals surface area contributed by atoms with Crippen LogP contribution in [-0.2, 0) is 11.2 Å². The number of nitrogens with one attached hydrogen (secondary N) is 2. The minimum absolute atomic E-state index is 0.112. The fourth-order valence-electron chi connectivity index (χ4n) is 5.16. The topological polar surface area (TPSA) is 53.6 Å². The lowest BCUT2D eigenvalue weighted by Crippen LogP contribution is -2.72. The number of aryl methyl sites for hydroxylation is 3. The normalized spacial score (nSPS) is 22.9. The highest BCUT2D eigenvalue weighted by atomic mass is 32.1. The summed E-state index contributed by atoms with van der Waals surface area (Å²) in [7, 11) is 0. The van der Waals surface area contributed by atoms with Gasteiger partial charge in [0.15, 0.2) is 10.8 Å². The van der Waals surface area contributed by atoms with Gasteiger partial charge in [-0.15, -0.1) is 0 Å². The van der Waals surface area contributed by atoms with E-state index in [4.69, 9.17) is 17.0 Å². The van der Waals surface area contributed by atoms with Gasteiger partial charge in [0.2, 0.25) is 5.91 Å². The monoisotopic (exact) mass is 471 g/mol. The van der Waals surface area contributed by atoms with E-state index in [2.05, 4.69) is 35.8 Å². The smallest absolute Gasteiger partial charge is 0.236 e. The molecule has 5 rings (SSSR count). The number of fused-ring (bicyclic) bond motifs is 4. The van der Waals surface area contributed by atoms with Gasteiger partial charge < -0.3 is 15.4 Å². The van der Waals surface area contributed by atoms with Gasteiger partial charge in [0.25, 0.3) is 0 Å². The molecule has 3 aromatic rings. The summed E-state index contributed by atoms with van der Waals surface area (Å²) in [4.78, 5) is 15.9. The Balaban J connectivity index is 1.60. The van der Waals surface area contributed by atoms with E-state index in [1.807, 2.05) is 74.2 Å². The van der Waals surface area contributed by atoms with E-state index in [0.29, 0.717) is 5.11 Å². The van der Waals surface area contributed by atoms with E-state index in [0.717, 1.165) is 40.2 Å². The van der Waals surface area contributed by atoms with Crippen molar-refractivity contribution in [3.05, 3.63) is 89.0 Å². The maximum Gasteiger partial charge on any atom is 0.236 e. The average molecular weight is 472 g/mol. The molecule has 2 aliphatic heterocycles. The number of amides is 1. The van der Waals surface area contributed by atoms with Crippen LogP contribution in [0.3, 0.4) is 0 Å². The summed E-state index contributed by atoms with van der Waals surface area (Å²) in [5.41, 5.74) is 5.03. The van der Waals surface area contributed by atoms with Crippen molar-refractivity contribution in [3.63, 3.8) is 0 Å². The number of anilines is 2. The van der Waals surface area contributed by atoms with Crippen LogP contribution < -0.4 is 20.3 Å². The second-order valence-electron chi connectivity index (χ2n) is 9.26. The maximum atomic E-state index is 13.9. The van der Waals surface area contributed by atoms with Crippen molar-refractivity contribution in [1.29, 1.82) is 0 Å². The third kappa shape index (κ3) is 3.62. The van der Waals surface area contributed by atoms with Crippen molar-refractivity contribution >= 4 is 34.6 Å². The Labute approximate surface area is 206 Å². The summed E-state index contributed by atoms with van der Waals surface area (Å²) < 4.78 is 6.64. The molecule has 2 bridgehead atoms. The van der Waals surface area contributed by atoms with Gasteiger partial charge in [0, 0.05) is 16.9 Å². The molecule has 34 heavy (non-hydrogen) atoms. The van der Waals surface area contributed by atoms with Crippen LogP contribution >= 0.6 is 12.2 Å². The zero-order chi connectivity index (χ0) is 24.0. The van der Waals surface area contributed by atoms with Crippen LogP contribution in [0.25, 0.3) is 0 Å². The van der Waals surface area contributed by atoms with Crippen LogP contribution in [0.2, 0.25) is 0 Å². The Bertz CT molecular complexity index is 1270. The van der Waals surface area contributed by atoms with E-state index in [-0.39, 0.29) is 11.9 Å². The van der Waals surface area contributed by atoms with E-state index in [1.165, 1.54) is 5.56 Å². The largest absolute Gasteiger partial charge is 0.467 e. The summed E-state index contributed by atoms with van der Waals surface area (Å²) in [6, 6.07) is 21.9. The quantitative estimate of drug-likeness (QED) is 0.481. The molecule has 0 radical (unpaired) electrons. The average Bonchev–Trinajstić information content (AvgIpc) is 2.80. The SMILES string of the molecule is CCc1ccc(N2C(=S)N[C@H]3c4ccccc4O[C@@]2(C)[C@@H]3C(=O)Nc2ccc(C)cc2C)cc1. The molecule has 6 heteroatoms. The number of carbonyl (C=O) groups excluding carboxylic acids is 1. The molecule has 3 aromatic carbocycles. The van der Waals surface area contributed by atoms with Gasteiger partial charge in [-0.1, -0.05) is 55.0 Å². The van der Waals surface area contributed by atoms with Crippen LogP contribution in [0.4, 0.5) is 11.4 Å². The highest BCUT2D eigenvalue weighted by Gasteiger charge is 2.59. The van der Waals surface area contributed by atoms with Crippen LogP contribution in [0.1, 0.15) is 42.1 Å². The molecule has 0 unspecified atom stereocenters. The Kier molecular flexibility index (Phi) is 5.56. The highest BCUT2D eigenvalue weighted by Crippen LogP contribution is 2.49. The molecule has 0 aromatic heterocycles. The molecule has 2 aliphatic rings. The first-order chi connectivity index (χ1) is 16.3. The number of hydrogen-bond acceptors (Lipinski definition) is 3. The molecule has 0 saturated carbocycles. The van der Waals surface area contributed by atoms with E-state index < -0.39 is 11.6 Å². The highest BCUT2D eigenvalue weighted by molar-refractivity contribution is 7.80. The summed E-state index contributed by atoms with van der Waals surface area (Å²) in [6.45, 7) is 8.14. The van der Waals surface area contributed by atoms with E-state index in [9.17, 15) is 4.79 Å². The summed E-state index contributed by atoms with van der Waals surface area (Å²) in [6.07, 6.45) is 0.952. The van der Waals surface area contributed by atoms with Crippen LogP contribution in [0.15, 0.2) is 66.7 Å². The van der Waals surface area contributed by atoms with Crippen molar-refractivity contribution in [2.24, 2.45) is 5.92 Å². The second kappa shape index (κ2) is 8.44. The molecule has 174 valence electrons. The lowest BCUT2D eigenvalue weighted by atomic mass is 9.78. The maximum absolute atomic E-state index is 13.9. The number of carbonyl (C=O) groups is 1. The third-order valence-electron chi connectivity index (χ3n) is 6.93. The molecule has 1 amide bonds. The van der Waals surface area contributed by atoms with Crippen molar-refractivity contribution < 1.29 is 9.53 Å². The minimum atomic E-state index is -1.02. The lowest BCUT2D eigenvalue weighted by molar-refractivity contribution is -0.130. The third-order valence-corrected chi connectivity index (χ3v) is 7.23. The minimum Gasteiger partial charge on any atom is -0.467 e. The first-order valence-electron chi connectivity index (χ1n) is 11.7. The van der Waals surface area contributed by atoms with Crippen LogP contribution in [-0.4, -0.2) is 16.7 Å². The number of rotatable bonds is 4. The van der Waals surface area contributed by atoms with Gasteiger partial charge in [0.05, 0.1) is 6.04 Å². The molecule has 1 saturated heterocycles. The molecular weight excluding hydrogens is 442 g/mol. The van der Waals surface area contributed by atoms with Crippen LogP contribution in [0, 0.1) is 19.8 Å². The number of benzene rings is 3. The molecule has 0 aliphatic carbocycles. The Hall–Kier alpha value is -3.38. The Morgan fingerprint density at radius 1 is 1.12 bits per heavy atom. The number of para-hydroxylation sites is 1. The summed E-state index contributed by atoms with van der Waals surface area (Å²) in [5, 5.41) is 7.17. The van der Waals surface area contributed by atoms with Gasteiger partial charge in [-0.05, 0) is 74.8 Å². The summed E-state index contributed by atoms with van der Waals surface area (Å²) >= 11 is 5.83. The van der Waals surface area contributed by atoms with Gasteiger partial charge in [-0.25, -0.2) is 0 Å². The first kappa shape index (κ1) is 22.4. The lowest BCUT2D eigenvalue weighted by Gasteiger charge is -2.56. The molecule has 1 fully saturated rings. The molecule has 5 nitrogen and oxygen atoms in total. The van der Waals surface area contributed by atoms with Crippen molar-refractivity contribution in [2.75, 3.05) is 10.2 Å². The van der Waals surface area contributed by atoms with Gasteiger partial charge in [-0.2, -0.15) is 0 Å². The van der Waals surface area contributed by atoms with Crippen molar-refractivity contribution in [1.82, 2.24) is 5.32 Å². The van der Waals surface area contributed by atoms with Crippen molar-refractivity contribution in [2.45, 2.75) is 45.9 Å². The number of ether oxygens (including phenoxy) is 1.